The fourth-order valence-corrected chi connectivity index (χ4v) is 2.68. The minimum absolute atomic E-state index is 0.415. The van der Waals surface area contributed by atoms with Gasteiger partial charge in [-0.05, 0) is 29.8 Å². The van der Waals surface area contributed by atoms with Crippen LogP contribution in [0, 0.1) is 0 Å². The van der Waals surface area contributed by atoms with E-state index in [4.69, 9.17) is 10.5 Å². The second-order valence-electron chi connectivity index (χ2n) is 4.89. The standard InChI is InChI=1S/C17H16BrN3O/c1-22-11-15-16(12-5-3-2-4-6-12)17(19)21(20-15)14-9-7-13(18)8-10-14/h2-10H,11,19H2,1H3. The average Bonchev–Trinajstić information content (AvgIpc) is 2.86. The lowest BCUT2D eigenvalue weighted by molar-refractivity contribution is 0.181. The number of nitrogen functional groups attached to an aromatic ring is 1. The molecule has 5 heteroatoms. The minimum Gasteiger partial charge on any atom is -0.383 e. The molecule has 0 fully saturated rings. The molecular weight excluding hydrogens is 342 g/mol. The second kappa shape index (κ2) is 6.34. The molecule has 2 N–H and O–H groups in total. The lowest BCUT2D eigenvalue weighted by atomic mass is 10.1. The molecule has 112 valence electrons. The maximum Gasteiger partial charge on any atom is 0.135 e. The van der Waals surface area contributed by atoms with E-state index in [-0.39, 0.29) is 0 Å². The molecule has 1 heterocycles. The maximum absolute atomic E-state index is 6.37. The normalized spacial score (nSPS) is 10.8. The number of methoxy groups -OCH3 is 1. The van der Waals surface area contributed by atoms with Crippen molar-refractivity contribution in [2.45, 2.75) is 6.61 Å². The molecule has 0 atom stereocenters. The number of anilines is 1. The van der Waals surface area contributed by atoms with Crippen molar-refractivity contribution < 1.29 is 4.74 Å². The minimum atomic E-state index is 0.415. The Balaban J connectivity index is 2.15. The molecule has 22 heavy (non-hydrogen) atoms. The van der Waals surface area contributed by atoms with E-state index in [2.05, 4.69) is 21.0 Å². The molecular formula is C17H16BrN3O. The van der Waals surface area contributed by atoms with E-state index in [1.807, 2.05) is 54.6 Å². The summed E-state index contributed by atoms with van der Waals surface area (Å²) in [4.78, 5) is 0. The molecule has 0 aliphatic heterocycles. The third-order valence-corrected chi connectivity index (χ3v) is 3.94. The molecule has 0 aliphatic rings. The monoisotopic (exact) mass is 357 g/mol. The quantitative estimate of drug-likeness (QED) is 0.766. The van der Waals surface area contributed by atoms with Crippen LogP contribution in [-0.2, 0) is 11.3 Å². The van der Waals surface area contributed by atoms with Crippen molar-refractivity contribution in [3.05, 3.63) is 64.8 Å². The molecule has 0 spiro atoms. The van der Waals surface area contributed by atoms with Crippen LogP contribution in [0.2, 0.25) is 0 Å². The predicted octanol–water partition coefficient (Wildman–Crippen LogP) is 4.03. The smallest absolute Gasteiger partial charge is 0.135 e. The van der Waals surface area contributed by atoms with Crippen molar-refractivity contribution >= 4 is 21.7 Å². The molecule has 3 aromatic rings. The summed E-state index contributed by atoms with van der Waals surface area (Å²) in [7, 11) is 1.66. The summed E-state index contributed by atoms with van der Waals surface area (Å²) in [6.07, 6.45) is 0. The zero-order valence-electron chi connectivity index (χ0n) is 12.2. The van der Waals surface area contributed by atoms with Gasteiger partial charge in [-0.1, -0.05) is 46.3 Å². The van der Waals surface area contributed by atoms with Gasteiger partial charge in [-0.2, -0.15) is 5.10 Å². The van der Waals surface area contributed by atoms with Gasteiger partial charge in [0.1, 0.15) is 5.82 Å². The van der Waals surface area contributed by atoms with Crippen molar-refractivity contribution in [2.75, 3.05) is 12.8 Å². The summed E-state index contributed by atoms with van der Waals surface area (Å²) in [5, 5.41) is 4.63. The van der Waals surface area contributed by atoms with Crippen LogP contribution in [0.3, 0.4) is 0 Å². The lowest BCUT2D eigenvalue weighted by Gasteiger charge is -2.05. The number of hydrogen-bond acceptors (Lipinski definition) is 3. The first-order valence-corrected chi connectivity index (χ1v) is 7.67. The molecule has 0 bridgehead atoms. The van der Waals surface area contributed by atoms with Crippen molar-refractivity contribution in [3.8, 4) is 16.8 Å². The highest BCUT2D eigenvalue weighted by molar-refractivity contribution is 9.10. The van der Waals surface area contributed by atoms with Gasteiger partial charge in [-0.3, -0.25) is 0 Å². The van der Waals surface area contributed by atoms with Gasteiger partial charge in [-0.25, -0.2) is 4.68 Å². The summed E-state index contributed by atoms with van der Waals surface area (Å²) in [6.45, 7) is 0.415. The molecule has 1 aromatic heterocycles. The van der Waals surface area contributed by atoms with Crippen molar-refractivity contribution in [3.63, 3.8) is 0 Å². The molecule has 0 saturated heterocycles. The third kappa shape index (κ3) is 2.77. The van der Waals surface area contributed by atoms with E-state index in [0.29, 0.717) is 12.4 Å². The predicted molar refractivity (Wildman–Crippen MR) is 91.8 cm³/mol. The van der Waals surface area contributed by atoms with Gasteiger partial charge in [0.2, 0.25) is 0 Å². The first kappa shape index (κ1) is 14.8. The van der Waals surface area contributed by atoms with Crippen LogP contribution in [0.4, 0.5) is 5.82 Å². The summed E-state index contributed by atoms with van der Waals surface area (Å²) in [6, 6.07) is 17.9. The van der Waals surface area contributed by atoms with Crippen LogP contribution in [0.15, 0.2) is 59.1 Å². The highest BCUT2D eigenvalue weighted by Crippen LogP contribution is 2.32. The van der Waals surface area contributed by atoms with Crippen LogP contribution in [0.5, 0.6) is 0 Å². The zero-order chi connectivity index (χ0) is 15.5. The SMILES string of the molecule is COCc1nn(-c2ccc(Br)cc2)c(N)c1-c1ccccc1. The molecule has 0 amide bonds. The number of halogens is 1. The van der Waals surface area contributed by atoms with Gasteiger partial charge in [0.05, 0.1) is 18.0 Å². The Bertz CT molecular complexity index is 767. The molecule has 0 saturated carbocycles. The molecule has 0 radical (unpaired) electrons. The van der Waals surface area contributed by atoms with Crippen molar-refractivity contribution in [1.82, 2.24) is 9.78 Å². The Morgan fingerprint density at radius 2 is 1.77 bits per heavy atom. The van der Waals surface area contributed by atoms with E-state index in [9.17, 15) is 0 Å². The number of nitrogens with two attached hydrogens (primary N) is 1. The molecule has 4 nitrogen and oxygen atoms in total. The average molecular weight is 358 g/mol. The Labute approximate surface area is 137 Å². The number of ether oxygens (including phenoxy) is 1. The van der Waals surface area contributed by atoms with Gasteiger partial charge in [0, 0.05) is 17.1 Å². The van der Waals surface area contributed by atoms with Gasteiger partial charge in [0.15, 0.2) is 0 Å². The summed E-state index contributed by atoms with van der Waals surface area (Å²) in [5.74, 6) is 0.612. The van der Waals surface area contributed by atoms with E-state index in [0.717, 1.165) is 27.0 Å². The van der Waals surface area contributed by atoms with Crippen LogP contribution in [0.1, 0.15) is 5.69 Å². The van der Waals surface area contributed by atoms with Gasteiger partial charge < -0.3 is 10.5 Å². The number of rotatable bonds is 4. The Hall–Kier alpha value is -2.11. The molecule has 0 unspecified atom stereocenters. The van der Waals surface area contributed by atoms with Crippen LogP contribution < -0.4 is 5.73 Å². The number of aromatic nitrogens is 2. The highest BCUT2D eigenvalue weighted by atomic mass is 79.9. The third-order valence-electron chi connectivity index (χ3n) is 3.41. The zero-order valence-corrected chi connectivity index (χ0v) is 13.7. The van der Waals surface area contributed by atoms with Gasteiger partial charge in [-0.15, -0.1) is 0 Å². The Kier molecular flexibility index (Phi) is 4.27. The van der Waals surface area contributed by atoms with E-state index in [1.165, 1.54) is 0 Å². The van der Waals surface area contributed by atoms with Gasteiger partial charge in [0.25, 0.3) is 0 Å². The fourth-order valence-electron chi connectivity index (χ4n) is 2.41. The van der Waals surface area contributed by atoms with Crippen molar-refractivity contribution in [2.24, 2.45) is 0 Å². The first-order chi connectivity index (χ1) is 10.7. The summed E-state index contributed by atoms with van der Waals surface area (Å²) >= 11 is 3.44. The highest BCUT2D eigenvalue weighted by Gasteiger charge is 2.18. The Morgan fingerprint density at radius 3 is 2.41 bits per heavy atom. The number of nitrogens with zero attached hydrogens (tertiary/aromatic N) is 2. The topological polar surface area (TPSA) is 53.1 Å². The maximum atomic E-state index is 6.37. The van der Waals surface area contributed by atoms with E-state index >= 15 is 0 Å². The second-order valence-corrected chi connectivity index (χ2v) is 5.81. The fraction of sp³-hybridized carbons (Fsp3) is 0.118. The lowest BCUT2D eigenvalue weighted by Crippen LogP contribution is -2.02. The number of hydrogen-bond donors (Lipinski definition) is 1. The Morgan fingerprint density at radius 1 is 1.09 bits per heavy atom. The largest absolute Gasteiger partial charge is 0.383 e. The molecule has 2 aromatic carbocycles. The van der Waals surface area contributed by atoms with E-state index in [1.54, 1.807) is 11.8 Å². The summed E-state index contributed by atoms with van der Waals surface area (Å²) in [5.41, 5.74) is 10.1. The first-order valence-electron chi connectivity index (χ1n) is 6.88. The molecule has 0 aliphatic carbocycles. The van der Waals surface area contributed by atoms with Crippen molar-refractivity contribution in [1.29, 1.82) is 0 Å². The van der Waals surface area contributed by atoms with Crippen LogP contribution in [0.25, 0.3) is 16.8 Å². The van der Waals surface area contributed by atoms with Crippen LogP contribution in [-0.4, -0.2) is 16.9 Å². The van der Waals surface area contributed by atoms with Gasteiger partial charge >= 0.3 is 0 Å². The molecule has 3 rings (SSSR count). The summed E-state index contributed by atoms with van der Waals surface area (Å²) < 4.78 is 8.04. The van der Waals surface area contributed by atoms with Crippen LogP contribution >= 0.6 is 15.9 Å². The number of benzene rings is 2. The van der Waals surface area contributed by atoms with E-state index < -0.39 is 0 Å².